The van der Waals surface area contributed by atoms with Gasteiger partial charge >= 0.3 is 0 Å². The fourth-order valence-electron chi connectivity index (χ4n) is 4.11. The third-order valence-electron chi connectivity index (χ3n) is 5.53. The van der Waals surface area contributed by atoms with Gasteiger partial charge in [-0.1, -0.05) is 74.6 Å². The molecule has 1 atom stereocenters. The van der Waals surface area contributed by atoms with Gasteiger partial charge in [0.15, 0.2) is 0 Å². The first kappa shape index (κ1) is 16.3. The Morgan fingerprint density at radius 1 is 0.960 bits per heavy atom. The van der Waals surface area contributed by atoms with E-state index in [0.717, 1.165) is 34.9 Å². The molecular weight excluding hydrogens is 308 g/mol. The second kappa shape index (κ2) is 7.40. The molecule has 1 saturated carbocycles. The molecule has 3 aromatic rings. The smallest absolute Gasteiger partial charge is 0.143 e. The van der Waals surface area contributed by atoms with Crippen LogP contribution >= 0.6 is 0 Å². The summed E-state index contributed by atoms with van der Waals surface area (Å²) in [5.74, 6) is 1.58. The molecule has 0 bridgehead atoms. The lowest BCUT2D eigenvalue weighted by molar-refractivity contribution is 0.203. The van der Waals surface area contributed by atoms with Crippen molar-refractivity contribution in [2.45, 2.75) is 51.2 Å². The van der Waals surface area contributed by atoms with Crippen LogP contribution in [0.5, 0.6) is 0 Å². The van der Waals surface area contributed by atoms with Crippen molar-refractivity contribution in [3.63, 3.8) is 0 Å². The zero-order valence-corrected chi connectivity index (χ0v) is 14.6. The first-order chi connectivity index (χ1) is 12.3. The Labute approximate surface area is 149 Å². The molecule has 0 saturated heterocycles. The fraction of sp³-hybridized carbons (Fsp3) is 0.409. The summed E-state index contributed by atoms with van der Waals surface area (Å²) in [5, 5.41) is 10.9. The molecule has 1 aliphatic carbocycles. The standard InChI is InChI=1S/C22H26N2O/c25-21(18-11-5-2-6-12-18)22-23-19-13-7-8-14-20(19)24(22)16-15-17-9-3-1-4-10-17/h2,5-8,11-14,17,21,25H,1,3-4,9-10,15-16H2. The van der Waals surface area contributed by atoms with Crippen LogP contribution in [0.3, 0.4) is 0 Å². The molecule has 1 unspecified atom stereocenters. The zero-order valence-electron chi connectivity index (χ0n) is 14.6. The van der Waals surface area contributed by atoms with E-state index in [1.165, 1.54) is 38.5 Å². The summed E-state index contributed by atoms with van der Waals surface area (Å²) >= 11 is 0. The van der Waals surface area contributed by atoms with Gasteiger partial charge in [0.25, 0.3) is 0 Å². The van der Waals surface area contributed by atoms with Crippen molar-refractivity contribution >= 4 is 11.0 Å². The van der Waals surface area contributed by atoms with Gasteiger partial charge in [-0.25, -0.2) is 4.98 Å². The van der Waals surface area contributed by atoms with Crippen LogP contribution in [0.2, 0.25) is 0 Å². The summed E-state index contributed by atoms with van der Waals surface area (Å²) in [4.78, 5) is 4.77. The van der Waals surface area contributed by atoms with Crippen molar-refractivity contribution in [1.29, 1.82) is 0 Å². The van der Waals surface area contributed by atoms with E-state index in [9.17, 15) is 5.11 Å². The van der Waals surface area contributed by atoms with Crippen molar-refractivity contribution < 1.29 is 5.11 Å². The molecule has 1 N–H and O–H groups in total. The number of fused-ring (bicyclic) bond motifs is 1. The summed E-state index contributed by atoms with van der Waals surface area (Å²) in [7, 11) is 0. The van der Waals surface area contributed by atoms with Crippen LogP contribution in [0.25, 0.3) is 11.0 Å². The molecule has 0 spiro atoms. The van der Waals surface area contributed by atoms with Crippen molar-refractivity contribution in [3.8, 4) is 0 Å². The van der Waals surface area contributed by atoms with Crippen molar-refractivity contribution in [1.82, 2.24) is 9.55 Å². The lowest BCUT2D eigenvalue weighted by atomic mass is 9.87. The van der Waals surface area contributed by atoms with Crippen molar-refractivity contribution in [3.05, 3.63) is 66.0 Å². The first-order valence-corrected chi connectivity index (χ1v) is 9.51. The van der Waals surface area contributed by atoms with Gasteiger partial charge in [0.2, 0.25) is 0 Å². The molecule has 25 heavy (non-hydrogen) atoms. The Bertz CT molecular complexity index is 818. The summed E-state index contributed by atoms with van der Waals surface area (Å²) in [6, 6.07) is 18.1. The van der Waals surface area contributed by atoms with E-state index in [-0.39, 0.29) is 0 Å². The number of rotatable bonds is 5. The molecule has 4 rings (SSSR count). The molecule has 1 aromatic heterocycles. The molecular formula is C22H26N2O. The predicted molar refractivity (Wildman–Crippen MR) is 101 cm³/mol. The van der Waals surface area contributed by atoms with Crippen molar-refractivity contribution in [2.24, 2.45) is 5.92 Å². The fourth-order valence-corrected chi connectivity index (χ4v) is 4.11. The van der Waals surface area contributed by atoms with E-state index in [4.69, 9.17) is 4.98 Å². The molecule has 1 fully saturated rings. The number of hydrogen-bond donors (Lipinski definition) is 1. The highest BCUT2D eigenvalue weighted by Gasteiger charge is 2.21. The van der Waals surface area contributed by atoms with Gasteiger partial charge in [-0.15, -0.1) is 0 Å². The Hall–Kier alpha value is -2.13. The van der Waals surface area contributed by atoms with E-state index < -0.39 is 6.10 Å². The number of aryl methyl sites for hydroxylation is 1. The van der Waals surface area contributed by atoms with E-state index in [1.54, 1.807) is 0 Å². The van der Waals surface area contributed by atoms with Gasteiger partial charge in [0.05, 0.1) is 11.0 Å². The van der Waals surface area contributed by atoms with Gasteiger partial charge in [-0.3, -0.25) is 0 Å². The maximum Gasteiger partial charge on any atom is 0.143 e. The monoisotopic (exact) mass is 334 g/mol. The Morgan fingerprint density at radius 3 is 2.48 bits per heavy atom. The lowest BCUT2D eigenvalue weighted by Crippen LogP contribution is -2.14. The molecule has 3 nitrogen and oxygen atoms in total. The Balaban J connectivity index is 1.65. The van der Waals surface area contributed by atoms with Gasteiger partial charge in [-0.05, 0) is 30.0 Å². The third-order valence-corrected chi connectivity index (χ3v) is 5.53. The molecule has 3 heteroatoms. The quantitative estimate of drug-likeness (QED) is 0.706. The zero-order chi connectivity index (χ0) is 17.1. The minimum Gasteiger partial charge on any atom is -0.380 e. The minimum atomic E-state index is -0.681. The van der Waals surface area contributed by atoms with E-state index in [0.29, 0.717) is 0 Å². The molecule has 0 radical (unpaired) electrons. The highest BCUT2D eigenvalue weighted by atomic mass is 16.3. The molecule has 1 heterocycles. The topological polar surface area (TPSA) is 38.1 Å². The van der Waals surface area contributed by atoms with Crippen LogP contribution in [0.4, 0.5) is 0 Å². The normalized spacial score (nSPS) is 17.0. The van der Waals surface area contributed by atoms with Crippen LogP contribution in [0.15, 0.2) is 54.6 Å². The number of imidazole rings is 1. The van der Waals surface area contributed by atoms with Crippen LogP contribution in [-0.4, -0.2) is 14.7 Å². The van der Waals surface area contributed by atoms with Gasteiger partial charge in [0, 0.05) is 6.54 Å². The van der Waals surface area contributed by atoms with Gasteiger partial charge < -0.3 is 9.67 Å². The third kappa shape index (κ3) is 3.47. The summed E-state index contributed by atoms with van der Waals surface area (Å²) < 4.78 is 2.24. The number of hydrogen-bond acceptors (Lipinski definition) is 2. The number of para-hydroxylation sites is 2. The number of aliphatic hydroxyl groups excluding tert-OH is 1. The summed E-state index contributed by atoms with van der Waals surface area (Å²) in [6.07, 6.45) is 7.33. The van der Waals surface area contributed by atoms with Gasteiger partial charge in [-0.2, -0.15) is 0 Å². The number of aromatic nitrogens is 2. The second-order valence-corrected chi connectivity index (χ2v) is 7.22. The second-order valence-electron chi connectivity index (χ2n) is 7.22. The molecule has 2 aromatic carbocycles. The number of aliphatic hydroxyl groups is 1. The van der Waals surface area contributed by atoms with E-state index in [2.05, 4.69) is 16.7 Å². The SMILES string of the molecule is OC(c1ccccc1)c1nc2ccccc2n1CCC1CCCCC1. The van der Waals surface area contributed by atoms with Crippen LogP contribution in [0.1, 0.15) is 56.0 Å². The minimum absolute atomic E-state index is 0.681. The van der Waals surface area contributed by atoms with Crippen molar-refractivity contribution in [2.75, 3.05) is 0 Å². The molecule has 130 valence electrons. The molecule has 0 amide bonds. The predicted octanol–water partition coefficient (Wildman–Crippen LogP) is 5.09. The first-order valence-electron chi connectivity index (χ1n) is 9.51. The highest BCUT2D eigenvalue weighted by Crippen LogP contribution is 2.30. The highest BCUT2D eigenvalue weighted by molar-refractivity contribution is 5.76. The van der Waals surface area contributed by atoms with E-state index >= 15 is 0 Å². The average Bonchev–Trinajstić information content (AvgIpc) is 3.06. The molecule has 0 aliphatic heterocycles. The molecule has 1 aliphatic rings. The van der Waals surface area contributed by atoms with Crippen LogP contribution in [-0.2, 0) is 6.54 Å². The summed E-state index contributed by atoms with van der Waals surface area (Å²) in [5.41, 5.74) is 3.00. The van der Waals surface area contributed by atoms with Crippen LogP contribution < -0.4 is 0 Å². The number of benzene rings is 2. The maximum atomic E-state index is 10.9. The largest absolute Gasteiger partial charge is 0.380 e. The van der Waals surface area contributed by atoms with E-state index in [1.807, 2.05) is 42.5 Å². The Kier molecular flexibility index (Phi) is 4.84. The Morgan fingerprint density at radius 2 is 1.68 bits per heavy atom. The van der Waals surface area contributed by atoms with Crippen LogP contribution in [0, 0.1) is 5.92 Å². The lowest BCUT2D eigenvalue weighted by Gasteiger charge is -2.22. The van der Waals surface area contributed by atoms with Gasteiger partial charge in [0.1, 0.15) is 11.9 Å². The summed E-state index contributed by atoms with van der Waals surface area (Å²) in [6.45, 7) is 0.935. The number of nitrogens with zero attached hydrogens (tertiary/aromatic N) is 2. The maximum absolute atomic E-state index is 10.9. The average molecular weight is 334 g/mol.